The van der Waals surface area contributed by atoms with Crippen LogP contribution in [0, 0.1) is 25.5 Å². The zero-order chi connectivity index (χ0) is 38.7. The number of pyridine rings is 2. The Morgan fingerprint density at radius 1 is 1.00 bits per heavy atom. The van der Waals surface area contributed by atoms with Crippen LogP contribution >= 0.6 is 0 Å². The molecule has 282 valence electrons. The Bertz CT molecular complexity index is 2480. The van der Waals surface area contributed by atoms with Gasteiger partial charge < -0.3 is 19.4 Å². The van der Waals surface area contributed by atoms with Crippen LogP contribution in [0.2, 0.25) is 0 Å². The Morgan fingerprint density at radius 3 is 2.39 bits per heavy atom. The lowest BCUT2D eigenvalue weighted by atomic mass is 9.91. The van der Waals surface area contributed by atoms with E-state index in [9.17, 15) is 9.59 Å². The first-order valence-corrected chi connectivity index (χ1v) is 18.6. The van der Waals surface area contributed by atoms with Gasteiger partial charge >= 0.3 is 6.09 Å². The van der Waals surface area contributed by atoms with Crippen LogP contribution in [-0.2, 0) is 9.53 Å². The number of benzene rings is 2. The summed E-state index contributed by atoms with van der Waals surface area (Å²) in [4.78, 5) is 52.0. The number of hydrogen-bond acceptors (Lipinski definition) is 7. The molecule has 8 rings (SSSR count). The van der Waals surface area contributed by atoms with Gasteiger partial charge in [0.05, 0.1) is 45.9 Å². The Labute approximate surface area is 311 Å². The minimum atomic E-state index is -0.940. The third-order valence-corrected chi connectivity index (χ3v) is 11.0. The summed E-state index contributed by atoms with van der Waals surface area (Å²) in [7, 11) is 1.49. The fraction of sp³-hybridized carbons (Fsp3) is 0.439. The summed E-state index contributed by atoms with van der Waals surface area (Å²) in [6.07, 6.45) is 2.95. The molecule has 1 aliphatic carbocycles. The van der Waals surface area contributed by atoms with Gasteiger partial charge in [-0.05, 0) is 89.6 Å². The van der Waals surface area contributed by atoms with Crippen molar-refractivity contribution < 1.29 is 23.1 Å². The maximum Gasteiger partial charge on any atom is 0.410 e. The average Bonchev–Trinajstić information content (AvgIpc) is 3.85. The van der Waals surface area contributed by atoms with E-state index in [4.69, 9.17) is 4.74 Å². The van der Waals surface area contributed by atoms with Crippen molar-refractivity contribution in [2.45, 2.75) is 97.8 Å². The minimum absolute atomic E-state index is 0.00434. The first-order chi connectivity index (χ1) is 25.5. The molecule has 54 heavy (non-hydrogen) atoms. The van der Waals surface area contributed by atoms with Crippen LogP contribution in [0.5, 0.6) is 0 Å². The molecule has 0 bridgehead atoms. The number of fused-ring (bicyclic) bond motifs is 6. The molecule has 1 saturated heterocycles. The second-order valence-electron chi connectivity index (χ2n) is 16.4. The number of piperazine rings is 1. The van der Waals surface area contributed by atoms with E-state index in [2.05, 4.69) is 15.2 Å². The number of nitrogens with zero attached hydrogens (tertiary/aromatic N) is 6. The predicted octanol–water partition coefficient (Wildman–Crippen LogP) is 7.62. The summed E-state index contributed by atoms with van der Waals surface area (Å²) >= 11 is 0. The first kappa shape index (κ1) is 35.7. The molecule has 2 atom stereocenters. The number of aryl methyl sites for hydroxylation is 2. The van der Waals surface area contributed by atoms with Gasteiger partial charge in [-0.25, -0.2) is 13.6 Å². The van der Waals surface area contributed by atoms with Gasteiger partial charge in [-0.15, -0.1) is 0 Å². The Balaban J connectivity index is 1.46. The van der Waals surface area contributed by atoms with Gasteiger partial charge in [-0.2, -0.15) is 5.10 Å². The van der Waals surface area contributed by atoms with E-state index in [1.807, 2.05) is 46.8 Å². The van der Waals surface area contributed by atoms with Crippen LogP contribution < -0.4 is 15.4 Å². The number of amides is 2. The van der Waals surface area contributed by atoms with Crippen molar-refractivity contribution in [3.63, 3.8) is 0 Å². The first-order valence-electron chi connectivity index (χ1n) is 18.6. The topological polar surface area (TPSA) is 117 Å². The number of aromatic amines is 1. The molecular weight excluding hydrogens is 692 g/mol. The lowest BCUT2D eigenvalue weighted by molar-refractivity contribution is -0.121. The molecule has 5 heterocycles. The normalized spacial score (nSPS) is 18.9. The van der Waals surface area contributed by atoms with Crippen molar-refractivity contribution in [3.05, 3.63) is 75.0 Å². The Hall–Kier alpha value is -5.33. The van der Waals surface area contributed by atoms with E-state index in [0.717, 1.165) is 18.5 Å². The highest BCUT2D eigenvalue weighted by molar-refractivity contribution is 6.13. The molecule has 0 unspecified atom stereocenters. The molecule has 3 aromatic heterocycles. The Kier molecular flexibility index (Phi) is 8.17. The molecular formula is C41H45F2N7O4. The molecule has 1 N–H and O–H groups in total. The number of halogens is 2. The van der Waals surface area contributed by atoms with Crippen LogP contribution in [0.1, 0.15) is 88.7 Å². The number of hydrogen-bond donors (Lipinski definition) is 1. The molecule has 5 aromatic rings. The number of carbonyl (C=O) groups is 2. The smallest absolute Gasteiger partial charge is 0.410 e. The Morgan fingerprint density at radius 2 is 1.72 bits per heavy atom. The minimum Gasteiger partial charge on any atom is -0.444 e. The quantitative estimate of drug-likeness (QED) is 0.202. The van der Waals surface area contributed by atoms with Gasteiger partial charge in [-0.3, -0.25) is 24.2 Å². The number of rotatable bonds is 4. The molecule has 3 aliphatic rings. The van der Waals surface area contributed by atoms with Crippen molar-refractivity contribution in [2.24, 2.45) is 0 Å². The number of nitrogens with one attached hydrogen (secondary N) is 1. The van der Waals surface area contributed by atoms with Gasteiger partial charge in [0.15, 0.2) is 5.82 Å². The monoisotopic (exact) mass is 737 g/mol. The van der Waals surface area contributed by atoms with Gasteiger partial charge in [0.25, 0.3) is 11.5 Å². The largest absolute Gasteiger partial charge is 0.444 e. The van der Waals surface area contributed by atoms with Crippen LogP contribution in [0.3, 0.4) is 0 Å². The standard InChI is InChI=1S/C41H45F2N7O4/c1-19(2)32-34(21(4)14-15-44-32)50-35-24(16-25(42)29(31(35)43)28-20(3)10-13-26-30(28)33(46-45-26)23-11-12-23)36-37(39(50)52)47(9)38(51)27-18-48(22(5)17-49(27)36)40(53)54-41(6,7)8/h10,13-16,19,22-23,27H,11-12,17-18H2,1-9H3,(H,45,46)/t22-,27-/m1/s1. The summed E-state index contributed by atoms with van der Waals surface area (Å²) in [5.74, 6) is -2.12. The highest BCUT2D eigenvalue weighted by Gasteiger charge is 2.47. The number of carbonyl (C=O) groups excluding carboxylic acids is 2. The number of aromatic nitrogens is 4. The van der Waals surface area contributed by atoms with Crippen molar-refractivity contribution in [1.82, 2.24) is 24.6 Å². The maximum absolute atomic E-state index is 18.1. The summed E-state index contributed by atoms with van der Waals surface area (Å²) in [5.41, 5.74) is 2.53. The molecule has 11 nitrogen and oxygen atoms in total. The van der Waals surface area contributed by atoms with E-state index in [1.165, 1.54) is 27.5 Å². The second kappa shape index (κ2) is 12.4. The molecule has 0 spiro atoms. The molecule has 2 amide bonds. The van der Waals surface area contributed by atoms with Crippen LogP contribution in [0.4, 0.5) is 25.0 Å². The van der Waals surface area contributed by atoms with Crippen molar-refractivity contribution in [1.29, 1.82) is 0 Å². The highest BCUT2D eigenvalue weighted by Crippen LogP contribution is 2.49. The van der Waals surface area contributed by atoms with Crippen LogP contribution in [-0.4, -0.2) is 74.5 Å². The van der Waals surface area contributed by atoms with E-state index < -0.39 is 46.9 Å². The van der Waals surface area contributed by atoms with Crippen molar-refractivity contribution in [3.8, 4) is 16.8 Å². The predicted molar refractivity (Wildman–Crippen MR) is 205 cm³/mol. The van der Waals surface area contributed by atoms with Crippen molar-refractivity contribution >= 4 is 45.2 Å². The number of likely N-dealkylation sites (N-methyl/N-ethyl adjacent to an activating group) is 1. The van der Waals surface area contributed by atoms with Crippen LogP contribution in [0.15, 0.2) is 35.3 Å². The van der Waals surface area contributed by atoms with Crippen molar-refractivity contribution in [2.75, 3.05) is 29.9 Å². The van der Waals surface area contributed by atoms with Gasteiger partial charge in [-0.1, -0.05) is 19.9 Å². The summed E-state index contributed by atoms with van der Waals surface area (Å²) in [5, 5.41) is 8.44. The van der Waals surface area contributed by atoms with E-state index in [0.29, 0.717) is 39.0 Å². The lowest BCUT2D eigenvalue weighted by Crippen LogP contribution is -2.66. The molecule has 2 fully saturated rings. The number of ether oxygens (including phenoxy) is 1. The third kappa shape index (κ3) is 5.37. The summed E-state index contributed by atoms with van der Waals surface area (Å²) < 4.78 is 42.3. The maximum atomic E-state index is 18.1. The molecule has 0 radical (unpaired) electrons. The van der Waals surface area contributed by atoms with E-state index >= 15 is 13.6 Å². The lowest BCUT2D eigenvalue weighted by Gasteiger charge is -2.50. The van der Waals surface area contributed by atoms with Gasteiger partial charge in [0.1, 0.15) is 23.1 Å². The van der Waals surface area contributed by atoms with E-state index in [-0.39, 0.29) is 52.8 Å². The van der Waals surface area contributed by atoms with Crippen LogP contribution in [0.25, 0.3) is 38.6 Å². The van der Waals surface area contributed by atoms with Gasteiger partial charge in [0, 0.05) is 48.1 Å². The third-order valence-electron chi connectivity index (χ3n) is 11.0. The molecule has 13 heteroatoms. The summed E-state index contributed by atoms with van der Waals surface area (Å²) in [6.45, 7) is 14.7. The zero-order valence-electron chi connectivity index (χ0n) is 32.1. The van der Waals surface area contributed by atoms with E-state index in [1.54, 1.807) is 37.9 Å². The molecule has 2 aliphatic heterocycles. The van der Waals surface area contributed by atoms with Gasteiger partial charge in [0.2, 0.25) is 0 Å². The fourth-order valence-electron chi connectivity index (χ4n) is 8.32. The molecule has 1 saturated carbocycles. The summed E-state index contributed by atoms with van der Waals surface area (Å²) in [6, 6.07) is 5.32. The second-order valence-corrected chi connectivity index (χ2v) is 16.4. The average molecular weight is 738 g/mol. The number of H-pyrrole nitrogens is 1. The fourth-order valence-corrected chi connectivity index (χ4v) is 8.32. The molecule has 2 aromatic carbocycles. The zero-order valence-corrected chi connectivity index (χ0v) is 32.1. The SMILES string of the molecule is Cc1ccnc(C(C)C)c1-n1c(=O)c2c(c3cc(F)c(-c4c(C)ccc5[nH]nc(C6CC6)c45)c(F)c31)N1C[C@@H](C)N(C(=O)OC(C)(C)C)C[C@@H]1C(=O)N2C. The number of anilines is 2. The highest BCUT2D eigenvalue weighted by atomic mass is 19.1.